The van der Waals surface area contributed by atoms with E-state index in [4.69, 9.17) is 66.5 Å². The number of halogens is 8. The topological polar surface area (TPSA) is 0 Å². The third kappa shape index (κ3) is 9.59. The molecule has 2 unspecified atom stereocenters. The first-order valence-electron chi connectivity index (χ1n) is 20.4. The maximum Gasteiger partial charge on any atom is -0.147 e. The molecular formula is C48H50Cl8Si3Zr. The third-order valence-electron chi connectivity index (χ3n) is 13.3. The van der Waals surface area contributed by atoms with Crippen LogP contribution in [0.3, 0.4) is 0 Å². The van der Waals surface area contributed by atoms with Crippen molar-refractivity contribution in [1.82, 2.24) is 0 Å². The Bertz CT molecular complexity index is 2490. The summed E-state index contributed by atoms with van der Waals surface area (Å²) >= 11 is 35.1. The smallest absolute Gasteiger partial charge is 0.147 e. The molecule has 6 aromatic rings. The van der Waals surface area contributed by atoms with Gasteiger partial charge < -0.3 is 0 Å². The molecule has 60 heavy (non-hydrogen) atoms. The Kier molecular flexibility index (Phi) is 15.7. The summed E-state index contributed by atoms with van der Waals surface area (Å²) in [5.41, 5.74) is 13.9. The second-order valence-corrected chi connectivity index (χ2v) is 62.2. The fourth-order valence-electron chi connectivity index (χ4n) is 11.2. The molecule has 2 aliphatic carbocycles. The van der Waals surface area contributed by atoms with Crippen molar-refractivity contribution in [2.75, 3.05) is 0 Å². The Morgan fingerprint density at radius 2 is 0.817 bits per heavy atom. The van der Waals surface area contributed by atoms with Gasteiger partial charge in [-0.25, -0.2) is 0 Å². The van der Waals surface area contributed by atoms with Crippen molar-refractivity contribution in [3.8, 4) is 22.3 Å². The van der Waals surface area contributed by atoms with Crippen LogP contribution in [0, 0.1) is 0 Å². The van der Waals surface area contributed by atoms with Crippen molar-refractivity contribution in [3.05, 3.63) is 155 Å². The molecule has 0 nitrogen and oxygen atoms in total. The van der Waals surface area contributed by atoms with Crippen molar-refractivity contribution in [3.63, 3.8) is 0 Å². The molecule has 0 N–H and O–H groups in total. The molecule has 0 amide bonds. The molecule has 0 spiro atoms. The van der Waals surface area contributed by atoms with E-state index in [1.165, 1.54) is 85.5 Å². The van der Waals surface area contributed by atoms with E-state index in [0.717, 1.165) is 25.7 Å². The van der Waals surface area contributed by atoms with Crippen LogP contribution in [0.15, 0.2) is 132 Å². The quantitative estimate of drug-likeness (QED) is 0.0579. The van der Waals surface area contributed by atoms with E-state index in [1.54, 1.807) is 0 Å². The Morgan fingerprint density at radius 1 is 0.467 bits per heavy atom. The van der Waals surface area contributed by atoms with E-state index in [9.17, 15) is 0 Å². The van der Waals surface area contributed by atoms with Crippen molar-refractivity contribution >= 4 is 144 Å². The van der Waals surface area contributed by atoms with Gasteiger partial charge in [0, 0.05) is 0 Å². The zero-order valence-corrected chi connectivity index (χ0v) is 45.8. The number of hydrogen-bond acceptors (Lipinski definition) is 0. The summed E-state index contributed by atoms with van der Waals surface area (Å²) in [4.78, 5) is 0. The van der Waals surface area contributed by atoms with Gasteiger partial charge in [-0.05, 0) is 0 Å². The molecule has 0 saturated heterocycles. The van der Waals surface area contributed by atoms with Gasteiger partial charge in [0.1, 0.15) is 0 Å². The summed E-state index contributed by atoms with van der Waals surface area (Å²) in [6, 6.07) is 40.9. The second kappa shape index (κ2) is 19.3. The van der Waals surface area contributed by atoms with E-state index < -0.39 is 29.4 Å². The van der Waals surface area contributed by atoms with Crippen molar-refractivity contribution in [2.45, 2.75) is 67.1 Å². The molecule has 0 saturated carbocycles. The summed E-state index contributed by atoms with van der Waals surface area (Å²) in [6.45, 7) is 7.32. The molecule has 0 heterocycles. The maximum atomic E-state index is 6.57. The number of allylic oxidation sites excluding steroid dienone is 2. The van der Waals surface area contributed by atoms with Crippen LogP contribution < -0.4 is 0 Å². The summed E-state index contributed by atoms with van der Waals surface area (Å²) in [5.74, 6) is 0. The first kappa shape index (κ1) is 48.6. The largest absolute Gasteiger partial charge is 0.147 e. The minimum Gasteiger partial charge on any atom is -0.147 e. The van der Waals surface area contributed by atoms with Gasteiger partial charge in [0.25, 0.3) is 0 Å². The number of benzene rings is 6. The van der Waals surface area contributed by atoms with Gasteiger partial charge in [-0.15, -0.1) is 24.8 Å². The van der Waals surface area contributed by atoms with E-state index in [1.807, 2.05) is 0 Å². The van der Waals surface area contributed by atoms with Gasteiger partial charge in [-0.2, -0.15) is 0 Å². The molecule has 0 bridgehead atoms. The summed E-state index contributed by atoms with van der Waals surface area (Å²) < 4.78 is 3.00. The minimum absolute atomic E-state index is 0. The van der Waals surface area contributed by atoms with E-state index in [2.05, 4.69) is 154 Å². The Labute approximate surface area is 401 Å². The van der Waals surface area contributed by atoms with Gasteiger partial charge >= 0.3 is 381 Å². The fraction of sp³-hybridized carbons (Fsp3) is 0.250. The summed E-state index contributed by atoms with van der Waals surface area (Å²) in [7, 11) is 0. The van der Waals surface area contributed by atoms with Crippen LogP contribution in [0.2, 0.25) is 20.3 Å². The van der Waals surface area contributed by atoms with Crippen molar-refractivity contribution in [2.24, 2.45) is 0 Å². The SMILES string of the molecule is CC1=Cc2c(-c3cccc4ccccc34)cccc2[CH]1[Zr](=[SiH2])([CH2]CCC[Si](Cl)(Cl)Cl)([CH2]CCC[Si](Cl)(Cl)Cl)[CH]1C(C)=Cc2c(-c3cccc4ccccc34)cccc21.Cl.Cl. The molecule has 2 atom stereocenters. The van der Waals surface area contributed by atoms with Crippen LogP contribution in [-0.2, 0) is 17.4 Å². The molecular weight excluding hydrogens is 1040 g/mol. The standard InChI is InChI=1S/2C20H15.2C4H8Cl3Si.2ClH.H2Si.Zr/c2*1-14-12-16-8-5-11-19(20(16)13-14)18-10-4-7-15-6-2-3-9-17(15)18;2*1-2-3-4-8(5,6)7;;;;/h2*2-13H,1H3;2*1-4H2;2*1H;1H2;. The van der Waals surface area contributed by atoms with E-state index in [-0.39, 0.29) is 24.8 Å². The van der Waals surface area contributed by atoms with E-state index in [0.29, 0.717) is 19.3 Å². The number of rotatable bonds is 14. The van der Waals surface area contributed by atoms with Crippen molar-refractivity contribution in [1.29, 1.82) is 0 Å². The molecule has 0 fully saturated rings. The summed E-state index contributed by atoms with van der Waals surface area (Å²) in [5, 5.41) is 5.09. The van der Waals surface area contributed by atoms with Gasteiger partial charge in [0.05, 0.1) is 0 Å². The monoisotopic (exact) mass is 1080 g/mol. The number of hydrogen-bond donors (Lipinski definition) is 0. The van der Waals surface area contributed by atoms with Gasteiger partial charge in [0.15, 0.2) is 0 Å². The van der Waals surface area contributed by atoms with Crippen molar-refractivity contribution < 1.29 is 17.4 Å². The Balaban J connectivity index is 0.00000302. The number of fused-ring (bicyclic) bond motifs is 4. The van der Waals surface area contributed by atoms with Gasteiger partial charge in [-0.1, -0.05) is 0 Å². The average molecular weight is 1090 g/mol. The van der Waals surface area contributed by atoms with Crippen LogP contribution in [0.5, 0.6) is 0 Å². The zero-order chi connectivity index (χ0) is 40.9. The molecule has 0 aromatic heterocycles. The van der Waals surface area contributed by atoms with Gasteiger partial charge in [-0.3, -0.25) is 0 Å². The molecule has 0 aliphatic heterocycles. The summed E-state index contributed by atoms with van der Waals surface area (Å²) in [6.07, 6.45) is 9.01. The van der Waals surface area contributed by atoms with Crippen LogP contribution >= 0.6 is 91.3 Å². The van der Waals surface area contributed by atoms with Gasteiger partial charge in [0.2, 0.25) is 0 Å². The predicted octanol–water partition coefficient (Wildman–Crippen LogP) is 17.7. The average Bonchev–Trinajstić information content (AvgIpc) is 3.74. The molecule has 8 rings (SSSR count). The molecule has 2 aliphatic rings. The van der Waals surface area contributed by atoms with Crippen LogP contribution in [0.1, 0.15) is 69.0 Å². The first-order valence-corrected chi connectivity index (χ1v) is 43.1. The molecule has 12 heteroatoms. The van der Waals surface area contributed by atoms with Crippen LogP contribution in [0.4, 0.5) is 0 Å². The number of unbranched alkanes of at least 4 members (excludes halogenated alkanes) is 2. The molecule has 6 aromatic carbocycles. The Morgan fingerprint density at radius 3 is 1.22 bits per heavy atom. The molecule has 0 radical (unpaired) electrons. The molecule has 314 valence electrons. The maximum absolute atomic E-state index is 6.57. The predicted molar refractivity (Wildman–Crippen MR) is 279 cm³/mol. The third-order valence-corrected chi connectivity index (χ3v) is 47.1. The van der Waals surface area contributed by atoms with Crippen LogP contribution in [-0.4, -0.2) is 18.9 Å². The zero-order valence-electron chi connectivity index (χ0n) is 33.8. The normalized spacial score (nSPS) is 16.5. The first-order chi connectivity index (χ1) is 27.7. The minimum atomic E-state index is -4.36. The fourth-order valence-corrected chi connectivity index (χ4v) is 46.1. The van der Waals surface area contributed by atoms with E-state index >= 15 is 0 Å². The Hall–Kier alpha value is -0.826. The van der Waals surface area contributed by atoms with Crippen LogP contribution in [0.25, 0.3) is 56.0 Å². The second-order valence-electron chi connectivity index (χ2n) is 17.1.